The summed E-state index contributed by atoms with van der Waals surface area (Å²) in [5, 5.41) is 1.39. The Labute approximate surface area is 154 Å². The lowest BCUT2D eigenvalue weighted by atomic mass is 10.2. The normalized spacial score (nSPS) is 15.6. The summed E-state index contributed by atoms with van der Waals surface area (Å²) in [5.41, 5.74) is 1.87. The van der Waals surface area contributed by atoms with Crippen LogP contribution in [0, 0.1) is 0 Å². The van der Waals surface area contributed by atoms with Crippen molar-refractivity contribution >= 4 is 40.4 Å². The Bertz CT molecular complexity index is 988. The van der Waals surface area contributed by atoms with E-state index in [0.717, 1.165) is 16.9 Å². The lowest BCUT2D eigenvalue weighted by molar-refractivity contribution is -0.113. The molecule has 3 nitrogen and oxygen atoms in total. The summed E-state index contributed by atoms with van der Waals surface area (Å²) in [6, 6.07) is 20.8. The summed E-state index contributed by atoms with van der Waals surface area (Å²) < 4.78 is 5.82. The van der Waals surface area contributed by atoms with Crippen molar-refractivity contribution in [1.82, 2.24) is 0 Å². The molecule has 0 N–H and O–H groups in total. The first-order chi connectivity index (χ1) is 12.2. The van der Waals surface area contributed by atoms with Gasteiger partial charge in [-0.3, -0.25) is 4.79 Å². The summed E-state index contributed by atoms with van der Waals surface area (Å²) >= 11 is 7.26. The molecule has 3 aromatic rings. The van der Waals surface area contributed by atoms with Crippen LogP contribution in [-0.4, -0.2) is 11.0 Å². The number of aliphatic imine (C=N–C) groups is 1. The lowest BCUT2D eigenvalue weighted by Gasteiger charge is -1.98. The van der Waals surface area contributed by atoms with E-state index in [0.29, 0.717) is 20.7 Å². The van der Waals surface area contributed by atoms with Gasteiger partial charge in [0, 0.05) is 22.2 Å². The molecule has 1 aromatic heterocycles. The molecule has 0 aliphatic carbocycles. The molecule has 4 rings (SSSR count). The lowest BCUT2D eigenvalue weighted by Crippen LogP contribution is -1.89. The number of rotatable bonds is 3. The second kappa shape index (κ2) is 6.75. The number of benzene rings is 2. The Balaban J connectivity index is 1.56. The van der Waals surface area contributed by atoms with Crippen LogP contribution in [0.15, 0.2) is 81.0 Å². The van der Waals surface area contributed by atoms with Crippen LogP contribution in [-0.2, 0) is 4.79 Å². The number of furan rings is 1. The summed E-state index contributed by atoms with van der Waals surface area (Å²) in [7, 11) is 0. The van der Waals surface area contributed by atoms with E-state index < -0.39 is 0 Å². The Kier molecular flexibility index (Phi) is 4.30. The molecule has 0 spiro atoms. The first-order valence-electron chi connectivity index (χ1n) is 7.63. The molecular weight excluding hydrogens is 354 g/mol. The van der Waals surface area contributed by atoms with Crippen molar-refractivity contribution in [3.8, 4) is 11.3 Å². The predicted octanol–water partition coefficient (Wildman–Crippen LogP) is 5.66. The van der Waals surface area contributed by atoms with Crippen molar-refractivity contribution in [1.29, 1.82) is 0 Å². The molecule has 0 bridgehead atoms. The third-order valence-electron chi connectivity index (χ3n) is 3.67. The zero-order valence-electron chi connectivity index (χ0n) is 13.0. The molecular formula is C20H12ClNO2S. The Hall–Kier alpha value is -2.56. The smallest absolute Gasteiger partial charge is 0.285 e. The summed E-state index contributed by atoms with van der Waals surface area (Å²) in [6.45, 7) is 0. The average Bonchev–Trinajstić information content (AvgIpc) is 3.24. The van der Waals surface area contributed by atoms with Crippen LogP contribution < -0.4 is 0 Å². The molecule has 2 aromatic carbocycles. The van der Waals surface area contributed by atoms with Gasteiger partial charge in [0.2, 0.25) is 0 Å². The highest BCUT2D eigenvalue weighted by Crippen LogP contribution is 2.33. The predicted molar refractivity (Wildman–Crippen MR) is 103 cm³/mol. The number of carbonyl (C=O) groups excluding carboxylic acids is 1. The van der Waals surface area contributed by atoms with Crippen molar-refractivity contribution in [2.75, 3.05) is 0 Å². The number of hydrogen-bond donors (Lipinski definition) is 0. The minimum absolute atomic E-state index is 0.242. The second-order valence-corrected chi connectivity index (χ2v) is 6.87. The van der Waals surface area contributed by atoms with Gasteiger partial charge in [0.05, 0.1) is 4.91 Å². The van der Waals surface area contributed by atoms with Gasteiger partial charge in [-0.25, -0.2) is 4.99 Å². The maximum atomic E-state index is 12.1. The van der Waals surface area contributed by atoms with E-state index in [1.807, 2.05) is 66.7 Å². The van der Waals surface area contributed by atoms with E-state index in [1.54, 1.807) is 6.08 Å². The summed E-state index contributed by atoms with van der Waals surface area (Å²) in [5.74, 6) is 1.10. The van der Waals surface area contributed by atoms with Crippen LogP contribution in [0.25, 0.3) is 17.4 Å². The van der Waals surface area contributed by atoms with Crippen molar-refractivity contribution in [2.24, 2.45) is 4.99 Å². The molecule has 1 aliphatic rings. The van der Waals surface area contributed by atoms with Gasteiger partial charge >= 0.3 is 0 Å². The Morgan fingerprint density at radius 1 is 0.920 bits per heavy atom. The molecule has 25 heavy (non-hydrogen) atoms. The van der Waals surface area contributed by atoms with Crippen LogP contribution in [0.1, 0.15) is 11.3 Å². The topological polar surface area (TPSA) is 42.6 Å². The van der Waals surface area contributed by atoms with Crippen molar-refractivity contribution in [3.63, 3.8) is 0 Å². The highest BCUT2D eigenvalue weighted by atomic mass is 35.5. The molecule has 0 saturated heterocycles. The molecule has 5 heteroatoms. The molecule has 122 valence electrons. The molecule has 0 saturated carbocycles. The van der Waals surface area contributed by atoms with E-state index in [4.69, 9.17) is 16.0 Å². The van der Waals surface area contributed by atoms with Gasteiger partial charge in [-0.05, 0) is 36.4 Å². The Morgan fingerprint density at radius 2 is 1.68 bits per heavy atom. The quantitative estimate of drug-likeness (QED) is 0.562. The highest BCUT2D eigenvalue weighted by Gasteiger charge is 2.23. The minimum Gasteiger partial charge on any atom is -0.457 e. The first-order valence-corrected chi connectivity index (χ1v) is 8.82. The van der Waals surface area contributed by atoms with E-state index in [9.17, 15) is 4.79 Å². The van der Waals surface area contributed by atoms with E-state index in [1.165, 1.54) is 11.8 Å². The third-order valence-corrected chi connectivity index (χ3v) is 4.95. The van der Waals surface area contributed by atoms with Crippen LogP contribution in [0.2, 0.25) is 5.02 Å². The van der Waals surface area contributed by atoms with Crippen LogP contribution in [0.4, 0.5) is 0 Å². The van der Waals surface area contributed by atoms with Crippen molar-refractivity contribution < 1.29 is 9.21 Å². The molecule has 0 fully saturated rings. The fourth-order valence-corrected chi connectivity index (χ4v) is 3.47. The number of nitrogens with zero attached hydrogens (tertiary/aromatic N) is 1. The van der Waals surface area contributed by atoms with Gasteiger partial charge in [0.1, 0.15) is 16.6 Å². The second-order valence-electron chi connectivity index (χ2n) is 5.41. The summed E-state index contributed by atoms with van der Waals surface area (Å²) in [6.07, 6.45) is 1.73. The Morgan fingerprint density at radius 3 is 2.44 bits per heavy atom. The van der Waals surface area contributed by atoms with Gasteiger partial charge in [-0.1, -0.05) is 53.7 Å². The average molecular weight is 366 g/mol. The fourth-order valence-electron chi connectivity index (χ4n) is 2.44. The van der Waals surface area contributed by atoms with Gasteiger partial charge in [0.15, 0.2) is 0 Å². The maximum absolute atomic E-state index is 12.1. The largest absolute Gasteiger partial charge is 0.457 e. The van der Waals surface area contributed by atoms with Gasteiger partial charge in [-0.15, -0.1) is 0 Å². The summed E-state index contributed by atoms with van der Waals surface area (Å²) in [4.78, 5) is 16.8. The van der Waals surface area contributed by atoms with Crippen LogP contribution in [0.3, 0.4) is 0 Å². The molecule has 0 atom stereocenters. The molecule has 0 unspecified atom stereocenters. The minimum atomic E-state index is -0.242. The van der Waals surface area contributed by atoms with Crippen LogP contribution >= 0.6 is 23.4 Å². The van der Waals surface area contributed by atoms with Crippen molar-refractivity contribution in [2.45, 2.75) is 0 Å². The fraction of sp³-hybridized carbons (Fsp3) is 0. The molecule has 1 amide bonds. The van der Waals surface area contributed by atoms with E-state index >= 15 is 0 Å². The first kappa shape index (κ1) is 15.9. The molecule has 2 heterocycles. The maximum Gasteiger partial charge on any atom is 0.285 e. The number of hydrogen-bond acceptors (Lipinski definition) is 3. The number of carbonyl (C=O) groups is 1. The van der Waals surface area contributed by atoms with Crippen LogP contribution in [0.5, 0.6) is 0 Å². The van der Waals surface area contributed by atoms with E-state index in [2.05, 4.69) is 4.99 Å². The standard InChI is InChI=1S/C20H12ClNO2S/c21-15-8-6-13(7-9-15)17-11-10-16(24-17)12-18-19(23)22-20(25-18)14-4-2-1-3-5-14/h1-12H. The molecule has 1 aliphatic heterocycles. The number of thioether (sulfide) groups is 1. The molecule has 0 radical (unpaired) electrons. The third kappa shape index (κ3) is 3.45. The zero-order chi connectivity index (χ0) is 17.2. The van der Waals surface area contributed by atoms with Gasteiger partial charge in [0.25, 0.3) is 5.91 Å². The number of amides is 1. The van der Waals surface area contributed by atoms with Crippen molar-refractivity contribution in [3.05, 3.63) is 88.0 Å². The number of halogens is 1. The monoisotopic (exact) mass is 365 g/mol. The van der Waals surface area contributed by atoms with Gasteiger partial charge < -0.3 is 4.42 Å². The van der Waals surface area contributed by atoms with Gasteiger partial charge in [-0.2, -0.15) is 0 Å². The van der Waals surface area contributed by atoms with E-state index in [-0.39, 0.29) is 5.91 Å². The SMILES string of the molecule is O=C1N=C(c2ccccc2)SC1=Cc1ccc(-c2ccc(Cl)cc2)o1. The highest BCUT2D eigenvalue weighted by molar-refractivity contribution is 8.19. The zero-order valence-corrected chi connectivity index (χ0v) is 14.6.